The van der Waals surface area contributed by atoms with Gasteiger partial charge in [0.05, 0.1) is 33.9 Å². The summed E-state index contributed by atoms with van der Waals surface area (Å²) in [5, 5.41) is 10.9. The van der Waals surface area contributed by atoms with Crippen molar-refractivity contribution >= 4 is 29.2 Å². The average molecular weight is 368 g/mol. The predicted octanol–water partition coefficient (Wildman–Crippen LogP) is 3.35. The molecule has 1 heterocycles. The lowest BCUT2D eigenvalue weighted by Crippen LogP contribution is -2.29. The maximum absolute atomic E-state index is 12.7. The van der Waals surface area contributed by atoms with Gasteiger partial charge in [0.25, 0.3) is 17.5 Å². The van der Waals surface area contributed by atoms with E-state index in [4.69, 9.17) is 4.74 Å². The molecule has 0 aromatic heterocycles. The minimum absolute atomic E-state index is 0.0662. The Morgan fingerprint density at radius 2 is 1.85 bits per heavy atom. The summed E-state index contributed by atoms with van der Waals surface area (Å²) in [6, 6.07) is 9.40. The summed E-state index contributed by atoms with van der Waals surface area (Å²) in [5.74, 6) is -1.81. The van der Waals surface area contributed by atoms with Crippen molar-refractivity contribution in [2.45, 2.75) is 19.8 Å². The molecule has 3 rings (SSSR count). The van der Waals surface area contributed by atoms with E-state index in [0.29, 0.717) is 0 Å². The summed E-state index contributed by atoms with van der Waals surface area (Å²) in [6.45, 7) is 2.25. The zero-order valence-corrected chi connectivity index (χ0v) is 14.5. The van der Waals surface area contributed by atoms with Crippen molar-refractivity contribution < 1.29 is 24.0 Å². The molecule has 0 saturated heterocycles. The maximum atomic E-state index is 12.7. The van der Waals surface area contributed by atoms with Gasteiger partial charge in [0, 0.05) is 12.1 Å². The summed E-state index contributed by atoms with van der Waals surface area (Å²) in [7, 11) is 0. The molecule has 0 spiro atoms. The molecule has 1 aliphatic heterocycles. The van der Waals surface area contributed by atoms with Gasteiger partial charge in [-0.15, -0.1) is 0 Å². The van der Waals surface area contributed by atoms with Crippen molar-refractivity contribution in [1.82, 2.24) is 0 Å². The van der Waals surface area contributed by atoms with E-state index in [1.807, 2.05) is 6.92 Å². The number of esters is 1. The summed E-state index contributed by atoms with van der Waals surface area (Å²) < 4.78 is 5.12. The van der Waals surface area contributed by atoms with Gasteiger partial charge in [0.2, 0.25) is 0 Å². The van der Waals surface area contributed by atoms with Crippen molar-refractivity contribution in [3.05, 3.63) is 69.3 Å². The molecule has 0 bridgehead atoms. The van der Waals surface area contributed by atoms with Gasteiger partial charge in [-0.05, 0) is 30.7 Å². The number of fused-ring (bicyclic) bond motifs is 1. The summed E-state index contributed by atoms with van der Waals surface area (Å²) in [5.41, 5.74) is 0.242. The van der Waals surface area contributed by atoms with Gasteiger partial charge in [0.1, 0.15) is 0 Å². The van der Waals surface area contributed by atoms with Crippen LogP contribution in [0.1, 0.15) is 50.8 Å². The number of imide groups is 1. The molecule has 8 heteroatoms. The molecule has 2 aromatic carbocycles. The molecule has 0 unspecified atom stereocenters. The third-order valence-electron chi connectivity index (χ3n) is 4.15. The number of amides is 2. The van der Waals surface area contributed by atoms with E-state index in [-0.39, 0.29) is 34.7 Å². The maximum Gasteiger partial charge on any atom is 0.338 e. The van der Waals surface area contributed by atoms with Crippen LogP contribution in [0.5, 0.6) is 0 Å². The molecule has 0 N–H and O–H groups in total. The van der Waals surface area contributed by atoms with Crippen molar-refractivity contribution in [2.75, 3.05) is 11.5 Å². The number of non-ortho nitro benzene ring substituents is 1. The fourth-order valence-electron chi connectivity index (χ4n) is 2.74. The first-order valence-electron chi connectivity index (χ1n) is 8.38. The number of carbonyl (C=O) groups is 3. The number of nitro groups is 1. The number of anilines is 1. The summed E-state index contributed by atoms with van der Waals surface area (Å²) in [4.78, 5) is 48.6. The third kappa shape index (κ3) is 3.41. The number of rotatable bonds is 6. The van der Waals surface area contributed by atoms with Crippen LogP contribution in [-0.4, -0.2) is 29.3 Å². The number of carbonyl (C=O) groups excluding carboxylic acids is 3. The molecule has 0 radical (unpaired) electrons. The van der Waals surface area contributed by atoms with E-state index in [9.17, 15) is 24.5 Å². The monoisotopic (exact) mass is 368 g/mol. The summed E-state index contributed by atoms with van der Waals surface area (Å²) in [6.07, 6.45) is 1.61. The number of benzene rings is 2. The third-order valence-corrected chi connectivity index (χ3v) is 4.15. The number of unbranched alkanes of at least 4 members (excludes halogenated alkanes) is 1. The Bertz CT molecular complexity index is 953. The minimum atomic E-state index is -0.640. The fraction of sp³-hybridized carbons (Fsp3) is 0.211. The second-order valence-electron chi connectivity index (χ2n) is 5.97. The molecule has 8 nitrogen and oxygen atoms in total. The Morgan fingerprint density at radius 3 is 2.56 bits per heavy atom. The van der Waals surface area contributed by atoms with E-state index < -0.39 is 22.7 Å². The highest BCUT2D eigenvalue weighted by Crippen LogP contribution is 2.31. The van der Waals surface area contributed by atoms with E-state index in [2.05, 4.69) is 0 Å². The van der Waals surface area contributed by atoms with Gasteiger partial charge < -0.3 is 4.74 Å². The van der Waals surface area contributed by atoms with Crippen LogP contribution in [0.4, 0.5) is 11.4 Å². The van der Waals surface area contributed by atoms with E-state index in [1.54, 1.807) is 0 Å². The molecule has 0 aliphatic carbocycles. The highest BCUT2D eigenvalue weighted by atomic mass is 16.6. The molecule has 0 fully saturated rings. The lowest BCUT2D eigenvalue weighted by Gasteiger charge is -2.13. The van der Waals surface area contributed by atoms with E-state index in [0.717, 1.165) is 23.8 Å². The normalized spacial score (nSPS) is 12.9. The van der Waals surface area contributed by atoms with Gasteiger partial charge >= 0.3 is 5.97 Å². The Hall–Kier alpha value is -3.55. The molecular weight excluding hydrogens is 352 g/mol. The molecule has 1 aliphatic rings. The van der Waals surface area contributed by atoms with Gasteiger partial charge in [-0.3, -0.25) is 19.7 Å². The van der Waals surface area contributed by atoms with Crippen molar-refractivity contribution in [3.8, 4) is 0 Å². The van der Waals surface area contributed by atoms with Crippen LogP contribution in [0.3, 0.4) is 0 Å². The molecule has 27 heavy (non-hydrogen) atoms. The lowest BCUT2D eigenvalue weighted by molar-refractivity contribution is -0.384. The molecule has 138 valence electrons. The number of nitrogens with zero attached hydrogens (tertiary/aromatic N) is 2. The number of nitro benzene ring substituents is 1. The largest absolute Gasteiger partial charge is 0.462 e. The van der Waals surface area contributed by atoms with Crippen LogP contribution in [0.2, 0.25) is 0 Å². The topological polar surface area (TPSA) is 107 Å². The molecule has 2 amide bonds. The fourth-order valence-corrected chi connectivity index (χ4v) is 2.74. The predicted molar refractivity (Wildman–Crippen MR) is 95.9 cm³/mol. The highest BCUT2D eigenvalue weighted by molar-refractivity contribution is 6.34. The first kappa shape index (κ1) is 18.2. The minimum Gasteiger partial charge on any atom is -0.462 e. The van der Waals surface area contributed by atoms with E-state index in [1.165, 1.54) is 36.4 Å². The van der Waals surface area contributed by atoms with Crippen molar-refractivity contribution in [3.63, 3.8) is 0 Å². The van der Waals surface area contributed by atoms with Crippen molar-refractivity contribution in [1.29, 1.82) is 0 Å². The zero-order valence-electron chi connectivity index (χ0n) is 14.5. The second-order valence-corrected chi connectivity index (χ2v) is 5.97. The number of hydrogen-bond acceptors (Lipinski definition) is 6. The number of ether oxygens (including phenoxy) is 1. The average Bonchev–Trinajstić information content (AvgIpc) is 2.92. The van der Waals surface area contributed by atoms with Gasteiger partial charge in [-0.1, -0.05) is 19.4 Å². The highest BCUT2D eigenvalue weighted by Gasteiger charge is 2.37. The smallest absolute Gasteiger partial charge is 0.338 e. The van der Waals surface area contributed by atoms with Crippen LogP contribution >= 0.6 is 0 Å². The standard InChI is InChI=1S/C19H16N2O6/c1-2-3-9-27-19(24)12-7-8-15-16(10-12)18(23)20(17(15)22)13-5-4-6-14(11-13)21(25)26/h4-8,10-11H,2-3,9H2,1H3. The Kier molecular flexibility index (Phi) is 4.98. The summed E-state index contributed by atoms with van der Waals surface area (Å²) >= 11 is 0. The van der Waals surface area contributed by atoms with Crippen LogP contribution < -0.4 is 4.90 Å². The van der Waals surface area contributed by atoms with Crippen LogP contribution in [-0.2, 0) is 4.74 Å². The van der Waals surface area contributed by atoms with Crippen LogP contribution in [0.25, 0.3) is 0 Å². The second kappa shape index (κ2) is 7.36. The first-order chi connectivity index (χ1) is 12.9. The van der Waals surface area contributed by atoms with Gasteiger partial charge in [-0.25, -0.2) is 9.69 Å². The Morgan fingerprint density at radius 1 is 1.11 bits per heavy atom. The van der Waals surface area contributed by atoms with Gasteiger partial charge in [-0.2, -0.15) is 0 Å². The van der Waals surface area contributed by atoms with Crippen LogP contribution in [0, 0.1) is 10.1 Å². The quantitative estimate of drug-likeness (QED) is 0.254. The molecule has 2 aromatic rings. The molecule has 0 saturated carbocycles. The zero-order chi connectivity index (χ0) is 19.6. The molecule has 0 atom stereocenters. The van der Waals surface area contributed by atoms with Crippen molar-refractivity contribution in [2.24, 2.45) is 0 Å². The van der Waals surface area contributed by atoms with E-state index >= 15 is 0 Å². The lowest BCUT2D eigenvalue weighted by atomic mass is 10.1. The Labute approximate surface area is 154 Å². The van der Waals surface area contributed by atoms with Crippen LogP contribution in [0.15, 0.2) is 42.5 Å². The van der Waals surface area contributed by atoms with Gasteiger partial charge in [0.15, 0.2) is 0 Å². The first-order valence-corrected chi connectivity index (χ1v) is 8.38. The Balaban J connectivity index is 1.90. The SMILES string of the molecule is CCCCOC(=O)c1ccc2c(c1)C(=O)N(c1cccc([N+](=O)[O-])c1)C2=O. The molecular formula is C19H16N2O6. The number of hydrogen-bond donors (Lipinski definition) is 0.